The third-order valence-corrected chi connectivity index (χ3v) is 3.06. The first-order valence-corrected chi connectivity index (χ1v) is 6.43. The lowest BCUT2D eigenvalue weighted by Crippen LogP contribution is -2.06. The first-order valence-electron chi connectivity index (χ1n) is 5.64. The van der Waals surface area contributed by atoms with Gasteiger partial charge < -0.3 is 9.73 Å². The quantitative estimate of drug-likeness (QED) is 0.939. The van der Waals surface area contributed by atoms with E-state index in [1.807, 2.05) is 30.1 Å². The van der Waals surface area contributed by atoms with Crippen LogP contribution in [0.4, 0.5) is 5.69 Å². The van der Waals surface area contributed by atoms with Gasteiger partial charge in [-0.1, -0.05) is 6.92 Å². The molecule has 2 heterocycles. The molecule has 0 aliphatic rings. The first-order chi connectivity index (χ1) is 8.10. The monoisotopic (exact) mass is 297 g/mol. The van der Waals surface area contributed by atoms with Crippen molar-refractivity contribution in [2.45, 2.75) is 26.3 Å². The van der Waals surface area contributed by atoms with Gasteiger partial charge in [0, 0.05) is 13.2 Å². The van der Waals surface area contributed by atoms with E-state index >= 15 is 0 Å². The second-order valence-corrected chi connectivity index (χ2v) is 4.81. The number of furan rings is 1. The molecule has 0 amide bonds. The highest BCUT2D eigenvalue weighted by atomic mass is 79.9. The van der Waals surface area contributed by atoms with Crippen molar-refractivity contribution in [2.75, 3.05) is 5.32 Å². The van der Waals surface area contributed by atoms with Gasteiger partial charge >= 0.3 is 0 Å². The maximum Gasteiger partial charge on any atom is 0.169 e. The lowest BCUT2D eigenvalue weighted by atomic mass is 10.2. The maximum atomic E-state index is 5.52. The minimum absolute atomic E-state index is 0.121. The highest BCUT2D eigenvalue weighted by molar-refractivity contribution is 9.10. The first kappa shape index (κ1) is 12.2. The van der Waals surface area contributed by atoms with Crippen molar-refractivity contribution in [3.8, 4) is 0 Å². The average Bonchev–Trinajstić information content (AvgIpc) is 2.85. The van der Waals surface area contributed by atoms with Crippen molar-refractivity contribution in [1.82, 2.24) is 9.78 Å². The number of halogens is 1. The summed E-state index contributed by atoms with van der Waals surface area (Å²) < 4.78 is 8.10. The average molecular weight is 298 g/mol. The summed E-state index contributed by atoms with van der Waals surface area (Å²) in [6.45, 7) is 4.17. The van der Waals surface area contributed by atoms with E-state index in [0.29, 0.717) is 0 Å². The second kappa shape index (κ2) is 4.96. The highest BCUT2D eigenvalue weighted by Gasteiger charge is 2.13. The van der Waals surface area contributed by atoms with E-state index < -0.39 is 0 Å². The molecule has 0 aromatic carbocycles. The molecule has 0 fully saturated rings. The normalized spacial score (nSPS) is 12.7. The Morgan fingerprint density at radius 1 is 1.53 bits per heavy atom. The summed E-state index contributed by atoms with van der Waals surface area (Å²) >= 11 is 3.31. The Hall–Kier alpha value is -1.23. The Morgan fingerprint density at radius 2 is 2.29 bits per heavy atom. The summed E-state index contributed by atoms with van der Waals surface area (Å²) in [5.41, 5.74) is 2.14. The van der Waals surface area contributed by atoms with E-state index in [1.165, 1.54) is 0 Å². The molecule has 0 bridgehead atoms. The highest BCUT2D eigenvalue weighted by Crippen LogP contribution is 2.25. The van der Waals surface area contributed by atoms with E-state index in [2.05, 4.69) is 40.2 Å². The largest absolute Gasteiger partial charge is 0.452 e. The van der Waals surface area contributed by atoms with E-state index in [-0.39, 0.29) is 6.04 Å². The molecule has 17 heavy (non-hydrogen) atoms. The van der Waals surface area contributed by atoms with Gasteiger partial charge in [0.1, 0.15) is 5.76 Å². The standard InChI is InChI=1S/C12H16BrN3O/c1-4-9-10(7-16(3)15-9)14-8(2)11-5-6-12(13)17-11/h5-8,14H,4H2,1-3H3. The van der Waals surface area contributed by atoms with Gasteiger partial charge in [0.2, 0.25) is 0 Å². The lowest BCUT2D eigenvalue weighted by Gasteiger charge is -2.11. The molecule has 1 N–H and O–H groups in total. The zero-order chi connectivity index (χ0) is 12.4. The van der Waals surface area contributed by atoms with Gasteiger partial charge in [-0.2, -0.15) is 5.10 Å². The molecule has 4 nitrogen and oxygen atoms in total. The summed E-state index contributed by atoms with van der Waals surface area (Å²) in [5, 5.41) is 7.81. The topological polar surface area (TPSA) is 43.0 Å². The molecule has 92 valence electrons. The molecule has 0 aliphatic carbocycles. The van der Waals surface area contributed by atoms with Crippen LogP contribution in [0, 0.1) is 0 Å². The van der Waals surface area contributed by atoms with Crippen molar-refractivity contribution in [3.63, 3.8) is 0 Å². The summed E-state index contributed by atoms with van der Waals surface area (Å²) in [6.07, 6.45) is 2.91. The van der Waals surface area contributed by atoms with Crippen molar-refractivity contribution in [2.24, 2.45) is 7.05 Å². The van der Waals surface area contributed by atoms with Crippen LogP contribution in [0.15, 0.2) is 27.4 Å². The molecule has 5 heteroatoms. The zero-order valence-corrected chi connectivity index (χ0v) is 11.8. The number of hydrogen-bond donors (Lipinski definition) is 1. The fourth-order valence-electron chi connectivity index (χ4n) is 1.78. The van der Waals surface area contributed by atoms with Gasteiger partial charge in [-0.3, -0.25) is 4.68 Å². The van der Waals surface area contributed by atoms with Gasteiger partial charge in [-0.25, -0.2) is 0 Å². The van der Waals surface area contributed by atoms with Crippen LogP contribution in [-0.2, 0) is 13.5 Å². The summed E-state index contributed by atoms with van der Waals surface area (Å²) in [6, 6.07) is 3.98. The SMILES string of the molecule is CCc1nn(C)cc1NC(C)c1ccc(Br)o1. The molecule has 2 aromatic rings. The van der Waals surface area contributed by atoms with Crippen LogP contribution >= 0.6 is 15.9 Å². The molecule has 0 spiro atoms. The Kier molecular flexibility index (Phi) is 3.57. The van der Waals surface area contributed by atoms with Crippen molar-refractivity contribution >= 4 is 21.6 Å². The minimum Gasteiger partial charge on any atom is -0.452 e. The zero-order valence-electron chi connectivity index (χ0n) is 10.2. The Morgan fingerprint density at radius 3 is 2.88 bits per heavy atom. The number of rotatable bonds is 4. The number of hydrogen-bond acceptors (Lipinski definition) is 3. The van der Waals surface area contributed by atoms with E-state index in [1.54, 1.807) is 0 Å². The molecule has 2 aromatic heterocycles. The number of aryl methyl sites for hydroxylation is 2. The predicted octanol–water partition coefficient (Wildman–Crippen LogP) is 3.51. The van der Waals surface area contributed by atoms with E-state index in [9.17, 15) is 0 Å². The lowest BCUT2D eigenvalue weighted by molar-refractivity contribution is 0.471. The Balaban J connectivity index is 2.14. The molecule has 0 aliphatic heterocycles. The Bertz CT molecular complexity index is 504. The van der Waals surface area contributed by atoms with Gasteiger partial charge in [0.15, 0.2) is 4.67 Å². The number of nitrogens with one attached hydrogen (secondary N) is 1. The molecular formula is C12H16BrN3O. The van der Waals surface area contributed by atoms with Crippen molar-refractivity contribution < 1.29 is 4.42 Å². The molecule has 1 unspecified atom stereocenters. The second-order valence-electron chi connectivity index (χ2n) is 4.02. The van der Waals surface area contributed by atoms with Crippen LogP contribution < -0.4 is 5.32 Å². The summed E-state index contributed by atoms with van der Waals surface area (Å²) in [4.78, 5) is 0. The Labute approximate surface area is 109 Å². The van der Waals surface area contributed by atoms with Gasteiger partial charge in [0.05, 0.1) is 17.4 Å². The molecule has 0 radical (unpaired) electrons. The summed E-state index contributed by atoms with van der Waals surface area (Å²) in [7, 11) is 1.93. The minimum atomic E-state index is 0.121. The van der Waals surface area contributed by atoms with Crippen LogP contribution in [0.25, 0.3) is 0 Å². The molecule has 1 atom stereocenters. The van der Waals surface area contributed by atoms with Gasteiger partial charge in [-0.15, -0.1) is 0 Å². The van der Waals surface area contributed by atoms with Crippen molar-refractivity contribution in [3.05, 3.63) is 34.5 Å². The number of aromatic nitrogens is 2. The number of nitrogens with zero attached hydrogens (tertiary/aromatic N) is 2. The van der Waals surface area contributed by atoms with Crippen LogP contribution in [0.5, 0.6) is 0 Å². The predicted molar refractivity (Wildman–Crippen MR) is 71.0 cm³/mol. The smallest absolute Gasteiger partial charge is 0.169 e. The number of anilines is 1. The van der Waals surface area contributed by atoms with Crippen LogP contribution in [0.1, 0.15) is 31.3 Å². The fraction of sp³-hybridized carbons (Fsp3) is 0.417. The molecular weight excluding hydrogens is 282 g/mol. The van der Waals surface area contributed by atoms with Gasteiger partial charge in [-0.05, 0) is 41.4 Å². The third-order valence-electron chi connectivity index (χ3n) is 2.63. The van der Waals surface area contributed by atoms with Crippen molar-refractivity contribution in [1.29, 1.82) is 0 Å². The molecule has 0 saturated heterocycles. The van der Waals surface area contributed by atoms with E-state index in [0.717, 1.165) is 28.2 Å². The fourth-order valence-corrected chi connectivity index (χ4v) is 2.10. The molecule has 2 rings (SSSR count). The molecule has 0 saturated carbocycles. The van der Waals surface area contributed by atoms with Crippen LogP contribution in [0.3, 0.4) is 0 Å². The van der Waals surface area contributed by atoms with Crippen LogP contribution in [-0.4, -0.2) is 9.78 Å². The van der Waals surface area contributed by atoms with E-state index in [4.69, 9.17) is 4.42 Å². The van der Waals surface area contributed by atoms with Crippen LogP contribution in [0.2, 0.25) is 0 Å². The summed E-state index contributed by atoms with van der Waals surface area (Å²) in [5.74, 6) is 0.905. The van der Waals surface area contributed by atoms with Gasteiger partial charge in [0.25, 0.3) is 0 Å². The third kappa shape index (κ3) is 2.72. The maximum absolute atomic E-state index is 5.52.